The Kier molecular flexibility index (Phi) is 6.29. The summed E-state index contributed by atoms with van der Waals surface area (Å²) in [5, 5.41) is 3.42. The summed E-state index contributed by atoms with van der Waals surface area (Å²) in [5.41, 5.74) is 11.4. The zero-order valence-corrected chi connectivity index (χ0v) is 9.27. The fourth-order valence-corrected chi connectivity index (χ4v) is 1.08. The Balaban J connectivity index is 3.54. The van der Waals surface area contributed by atoms with Crippen molar-refractivity contribution in [3.8, 4) is 0 Å². The van der Waals surface area contributed by atoms with Crippen molar-refractivity contribution in [2.45, 2.75) is 27.2 Å². The molecular formula is C10H25N3. The highest BCUT2D eigenvalue weighted by molar-refractivity contribution is 4.73. The maximum Gasteiger partial charge on any atom is 0.00147 e. The first-order chi connectivity index (χ1) is 6.05. The summed E-state index contributed by atoms with van der Waals surface area (Å²) >= 11 is 0. The molecule has 0 amide bonds. The maximum absolute atomic E-state index is 5.62. The number of hydrogen-bond donors (Lipinski definition) is 3. The fraction of sp³-hybridized carbons (Fsp3) is 1.00. The number of nitrogens with one attached hydrogen (secondary N) is 1. The lowest BCUT2D eigenvalue weighted by atomic mass is 9.93. The van der Waals surface area contributed by atoms with Gasteiger partial charge >= 0.3 is 0 Å². The van der Waals surface area contributed by atoms with Crippen molar-refractivity contribution in [3.63, 3.8) is 0 Å². The van der Waals surface area contributed by atoms with Crippen LogP contribution in [0, 0.1) is 11.3 Å². The Labute approximate surface area is 82.3 Å². The third-order valence-electron chi connectivity index (χ3n) is 2.50. The van der Waals surface area contributed by atoms with E-state index in [0.717, 1.165) is 32.6 Å². The van der Waals surface area contributed by atoms with E-state index in [-0.39, 0.29) is 5.41 Å². The molecule has 0 saturated heterocycles. The van der Waals surface area contributed by atoms with Gasteiger partial charge in [-0.2, -0.15) is 0 Å². The van der Waals surface area contributed by atoms with Gasteiger partial charge in [-0.25, -0.2) is 0 Å². The molecule has 80 valence electrons. The first-order valence-electron chi connectivity index (χ1n) is 5.16. The van der Waals surface area contributed by atoms with Crippen molar-refractivity contribution >= 4 is 0 Å². The Bertz CT molecular complexity index is 119. The highest BCUT2D eigenvalue weighted by Crippen LogP contribution is 2.10. The largest absolute Gasteiger partial charge is 0.330 e. The van der Waals surface area contributed by atoms with Crippen molar-refractivity contribution in [1.82, 2.24) is 5.32 Å². The van der Waals surface area contributed by atoms with E-state index in [1.807, 2.05) is 0 Å². The monoisotopic (exact) mass is 187 g/mol. The summed E-state index contributed by atoms with van der Waals surface area (Å²) in [5.74, 6) is 0.605. The van der Waals surface area contributed by atoms with Gasteiger partial charge in [-0.1, -0.05) is 27.2 Å². The molecule has 0 heterocycles. The van der Waals surface area contributed by atoms with Crippen LogP contribution in [0.2, 0.25) is 0 Å². The molecule has 0 rings (SSSR count). The molecule has 3 nitrogen and oxygen atoms in total. The molecule has 13 heavy (non-hydrogen) atoms. The van der Waals surface area contributed by atoms with Gasteiger partial charge in [0.25, 0.3) is 0 Å². The van der Waals surface area contributed by atoms with Gasteiger partial charge in [0.15, 0.2) is 0 Å². The minimum atomic E-state index is 0.201. The van der Waals surface area contributed by atoms with Gasteiger partial charge in [-0.05, 0) is 31.0 Å². The van der Waals surface area contributed by atoms with E-state index in [1.165, 1.54) is 0 Å². The smallest absolute Gasteiger partial charge is 0.00147 e. The van der Waals surface area contributed by atoms with Gasteiger partial charge in [-0.15, -0.1) is 0 Å². The summed E-state index contributed by atoms with van der Waals surface area (Å²) in [4.78, 5) is 0. The van der Waals surface area contributed by atoms with Crippen LogP contribution in [0.1, 0.15) is 27.2 Å². The third kappa shape index (κ3) is 6.02. The molecule has 0 aromatic heterocycles. The number of hydrogen-bond acceptors (Lipinski definition) is 3. The summed E-state index contributed by atoms with van der Waals surface area (Å²) < 4.78 is 0. The van der Waals surface area contributed by atoms with Gasteiger partial charge in [0.05, 0.1) is 0 Å². The molecule has 0 aliphatic rings. The van der Waals surface area contributed by atoms with Crippen LogP contribution in [-0.4, -0.2) is 26.2 Å². The number of rotatable bonds is 7. The van der Waals surface area contributed by atoms with Crippen LogP contribution in [0.5, 0.6) is 0 Å². The molecule has 0 aliphatic heterocycles. The Morgan fingerprint density at radius 1 is 1.31 bits per heavy atom. The van der Waals surface area contributed by atoms with E-state index in [9.17, 15) is 0 Å². The van der Waals surface area contributed by atoms with Crippen molar-refractivity contribution < 1.29 is 0 Å². The lowest BCUT2D eigenvalue weighted by Gasteiger charge is -2.24. The minimum Gasteiger partial charge on any atom is -0.330 e. The fourth-order valence-electron chi connectivity index (χ4n) is 1.08. The molecular weight excluding hydrogens is 162 g/mol. The quantitative estimate of drug-likeness (QED) is 0.545. The van der Waals surface area contributed by atoms with Crippen LogP contribution >= 0.6 is 0 Å². The molecule has 5 N–H and O–H groups in total. The Hall–Kier alpha value is -0.120. The van der Waals surface area contributed by atoms with Crippen molar-refractivity contribution in [2.24, 2.45) is 22.8 Å². The normalized spacial score (nSPS) is 14.5. The van der Waals surface area contributed by atoms with E-state index in [0.29, 0.717) is 5.92 Å². The molecule has 0 radical (unpaired) electrons. The third-order valence-corrected chi connectivity index (χ3v) is 2.50. The van der Waals surface area contributed by atoms with Crippen LogP contribution in [0.15, 0.2) is 0 Å². The van der Waals surface area contributed by atoms with Crippen molar-refractivity contribution in [3.05, 3.63) is 0 Å². The Morgan fingerprint density at radius 2 is 1.92 bits per heavy atom. The van der Waals surface area contributed by atoms with Gasteiger partial charge in [0.2, 0.25) is 0 Å². The lowest BCUT2D eigenvalue weighted by Crippen LogP contribution is -2.38. The second-order valence-electron chi connectivity index (χ2n) is 4.51. The second-order valence-corrected chi connectivity index (χ2v) is 4.51. The van der Waals surface area contributed by atoms with Crippen LogP contribution in [0.25, 0.3) is 0 Å². The maximum atomic E-state index is 5.62. The molecule has 1 unspecified atom stereocenters. The van der Waals surface area contributed by atoms with Crippen molar-refractivity contribution in [2.75, 3.05) is 26.2 Å². The molecule has 1 atom stereocenters. The van der Waals surface area contributed by atoms with E-state index in [4.69, 9.17) is 11.5 Å². The first-order valence-corrected chi connectivity index (χ1v) is 5.16. The van der Waals surface area contributed by atoms with Crippen LogP contribution < -0.4 is 16.8 Å². The van der Waals surface area contributed by atoms with Gasteiger partial charge in [-0.3, -0.25) is 0 Å². The van der Waals surface area contributed by atoms with E-state index in [1.54, 1.807) is 0 Å². The summed E-state index contributed by atoms with van der Waals surface area (Å²) in [6.45, 7) is 9.99. The molecule has 0 aromatic carbocycles. The SMILES string of the molecule is CCC(CN)CNCC(C)(C)CN. The summed E-state index contributed by atoms with van der Waals surface area (Å²) in [7, 11) is 0. The standard InChI is InChI=1S/C10H25N3/c1-4-9(5-11)6-13-8-10(2,3)7-12/h9,13H,4-8,11-12H2,1-3H3. The Morgan fingerprint density at radius 3 is 2.31 bits per heavy atom. The van der Waals surface area contributed by atoms with Gasteiger partial charge < -0.3 is 16.8 Å². The molecule has 0 spiro atoms. The van der Waals surface area contributed by atoms with Crippen LogP contribution in [-0.2, 0) is 0 Å². The lowest BCUT2D eigenvalue weighted by molar-refractivity contribution is 0.335. The molecule has 0 saturated carbocycles. The highest BCUT2D eigenvalue weighted by atomic mass is 14.9. The predicted octanol–water partition coefficient (Wildman–Crippen LogP) is 0.546. The molecule has 0 aliphatic carbocycles. The van der Waals surface area contributed by atoms with E-state index in [2.05, 4.69) is 26.1 Å². The molecule has 0 bridgehead atoms. The summed E-state index contributed by atoms with van der Waals surface area (Å²) in [6, 6.07) is 0. The summed E-state index contributed by atoms with van der Waals surface area (Å²) in [6.07, 6.45) is 1.15. The van der Waals surface area contributed by atoms with Gasteiger partial charge in [0, 0.05) is 6.54 Å². The van der Waals surface area contributed by atoms with E-state index < -0.39 is 0 Å². The van der Waals surface area contributed by atoms with Crippen LogP contribution in [0.4, 0.5) is 0 Å². The average molecular weight is 187 g/mol. The predicted molar refractivity (Wildman–Crippen MR) is 58.5 cm³/mol. The average Bonchev–Trinajstić information content (AvgIpc) is 2.12. The van der Waals surface area contributed by atoms with E-state index >= 15 is 0 Å². The molecule has 0 fully saturated rings. The number of nitrogens with two attached hydrogens (primary N) is 2. The van der Waals surface area contributed by atoms with Gasteiger partial charge in [0.1, 0.15) is 0 Å². The van der Waals surface area contributed by atoms with Crippen molar-refractivity contribution in [1.29, 1.82) is 0 Å². The highest BCUT2D eigenvalue weighted by Gasteiger charge is 2.15. The first kappa shape index (κ1) is 12.9. The zero-order valence-electron chi connectivity index (χ0n) is 9.27. The topological polar surface area (TPSA) is 64.1 Å². The molecule has 0 aromatic rings. The van der Waals surface area contributed by atoms with Crippen LogP contribution in [0.3, 0.4) is 0 Å². The molecule has 3 heteroatoms. The zero-order chi connectivity index (χ0) is 10.3. The second kappa shape index (κ2) is 6.35. The minimum absolute atomic E-state index is 0.201.